The third-order valence-corrected chi connectivity index (χ3v) is 5.43. The van der Waals surface area contributed by atoms with Gasteiger partial charge in [0.2, 0.25) is 5.91 Å². The van der Waals surface area contributed by atoms with Crippen LogP contribution in [0, 0.1) is 0 Å². The summed E-state index contributed by atoms with van der Waals surface area (Å²) in [6, 6.07) is 16.9. The first kappa shape index (κ1) is 20.2. The Labute approximate surface area is 182 Å². The molecule has 2 heterocycles. The number of amides is 1. The van der Waals surface area contributed by atoms with Crippen LogP contribution in [0.25, 0.3) is 16.6 Å². The topological polar surface area (TPSA) is 64.7 Å². The number of anilines is 1. The van der Waals surface area contributed by atoms with Crippen molar-refractivity contribution in [1.29, 1.82) is 0 Å². The summed E-state index contributed by atoms with van der Waals surface area (Å²) in [7, 11) is 0. The van der Waals surface area contributed by atoms with Gasteiger partial charge in [-0.15, -0.1) is 0 Å². The van der Waals surface area contributed by atoms with Gasteiger partial charge in [-0.05, 0) is 67.9 Å². The Morgan fingerprint density at radius 1 is 1.07 bits per heavy atom. The van der Waals surface area contributed by atoms with E-state index in [1.165, 1.54) is 0 Å². The van der Waals surface area contributed by atoms with E-state index in [4.69, 9.17) is 4.74 Å². The van der Waals surface area contributed by atoms with Crippen LogP contribution in [0.1, 0.15) is 19.8 Å². The highest BCUT2D eigenvalue weighted by Crippen LogP contribution is 2.21. The highest BCUT2D eigenvalue weighted by Gasteiger charge is 2.11. The minimum Gasteiger partial charge on any atom is -0.494 e. The van der Waals surface area contributed by atoms with E-state index in [9.17, 15) is 9.59 Å². The van der Waals surface area contributed by atoms with Crippen molar-refractivity contribution in [3.63, 3.8) is 0 Å². The zero-order valence-corrected chi connectivity index (χ0v) is 18.2. The second kappa shape index (κ2) is 8.75. The van der Waals surface area contributed by atoms with Gasteiger partial charge in [0.05, 0.1) is 17.6 Å². The number of hydrogen-bond donors (Lipinski definition) is 1. The lowest BCUT2D eigenvalue weighted by atomic mass is 10.2. The van der Waals surface area contributed by atoms with E-state index < -0.39 is 0 Å². The maximum absolute atomic E-state index is 13.0. The van der Waals surface area contributed by atoms with Crippen molar-refractivity contribution in [3.8, 4) is 5.75 Å². The van der Waals surface area contributed by atoms with Crippen molar-refractivity contribution >= 4 is 44.1 Å². The van der Waals surface area contributed by atoms with Gasteiger partial charge < -0.3 is 19.0 Å². The first-order valence-electron chi connectivity index (χ1n) is 9.88. The average molecular weight is 468 g/mol. The van der Waals surface area contributed by atoms with E-state index in [1.807, 2.05) is 72.1 Å². The quantitative estimate of drug-likeness (QED) is 0.423. The molecule has 30 heavy (non-hydrogen) atoms. The van der Waals surface area contributed by atoms with Crippen molar-refractivity contribution < 1.29 is 9.53 Å². The Kier molecular flexibility index (Phi) is 5.90. The molecule has 0 aliphatic heterocycles. The van der Waals surface area contributed by atoms with Gasteiger partial charge in [0, 0.05) is 29.3 Å². The van der Waals surface area contributed by atoms with Crippen molar-refractivity contribution in [1.82, 2.24) is 8.97 Å². The van der Waals surface area contributed by atoms with Crippen molar-refractivity contribution in [2.75, 3.05) is 11.9 Å². The number of nitrogens with zero attached hydrogens (tertiary/aromatic N) is 2. The summed E-state index contributed by atoms with van der Waals surface area (Å²) in [6.07, 6.45) is 2.77. The molecular formula is C23H22BrN3O3. The number of fused-ring (bicyclic) bond motifs is 3. The number of carbonyl (C=O) groups excluding carboxylic acids is 1. The minimum absolute atomic E-state index is 0.0579. The SMILES string of the molecule is CCOc1ccc(NC(=O)CCCn2c(=O)c3cccn3c3ccc(Br)cc32)cc1. The maximum atomic E-state index is 13.0. The molecule has 1 N–H and O–H groups in total. The van der Waals surface area contributed by atoms with Crippen LogP contribution >= 0.6 is 15.9 Å². The molecular weight excluding hydrogens is 446 g/mol. The molecule has 1 amide bonds. The highest BCUT2D eigenvalue weighted by molar-refractivity contribution is 9.10. The van der Waals surface area contributed by atoms with E-state index in [0.717, 1.165) is 26.9 Å². The first-order chi connectivity index (χ1) is 14.6. The highest BCUT2D eigenvalue weighted by atomic mass is 79.9. The van der Waals surface area contributed by atoms with Gasteiger partial charge in [0.15, 0.2) is 0 Å². The van der Waals surface area contributed by atoms with Gasteiger partial charge in [-0.1, -0.05) is 15.9 Å². The fraction of sp³-hybridized carbons (Fsp3) is 0.217. The molecule has 7 heteroatoms. The monoisotopic (exact) mass is 467 g/mol. The molecule has 0 bridgehead atoms. The number of nitrogens with one attached hydrogen (secondary N) is 1. The third kappa shape index (κ3) is 4.11. The minimum atomic E-state index is -0.0820. The molecule has 0 saturated heterocycles. The fourth-order valence-corrected chi connectivity index (χ4v) is 3.92. The Morgan fingerprint density at radius 3 is 2.63 bits per heavy atom. The normalized spacial score (nSPS) is 11.1. The Morgan fingerprint density at radius 2 is 1.87 bits per heavy atom. The number of halogens is 1. The van der Waals surface area contributed by atoms with Gasteiger partial charge >= 0.3 is 0 Å². The summed E-state index contributed by atoms with van der Waals surface area (Å²) in [5, 5.41) is 2.89. The average Bonchev–Trinajstić information content (AvgIpc) is 3.22. The summed E-state index contributed by atoms with van der Waals surface area (Å²) in [4.78, 5) is 25.3. The molecule has 2 aromatic carbocycles. The summed E-state index contributed by atoms with van der Waals surface area (Å²) in [6.45, 7) is 2.99. The molecule has 2 aromatic heterocycles. The summed E-state index contributed by atoms with van der Waals surface area (Å²) in [5.41, 5.74) is 3.09. The molecule has 0 spiro atoms. The maximum Gasteiger partial charge on any atom is 0.275 e. The van der Waals surface area contributed by atoms with Crippen molar-refractivity contribution in [2.24, 2.45) is 0 Å². The standard InChI is InChI=1S/C23H22BrN3O3/c1-2-30-18-10-8-17(9-11-18)25-22(28)6-4-14-27-21-15-16(24)7-12-19(21)26-13-3-5-20(26)23(27)29/h3,5,7-13,15H,2,4,6,14H2,1H3,(H,25,28). The Bertz CT molecular complexity index is 1260. The summed E-state index contributed by atoms with van der Waals surface area (Å²) >= 11 is 3.49. The molecule has 0 saturated carbocycles. The lowest BCUT2D eigenvalue weighted by molar-refractivity contribution is -0.116. The number of ether oxygens (including phenoxy) is 1. The van der Waals surface area contributed by atoms with Crippen LogP contribution in [0.3, 0.4) is 0 Å². The molecule has 4 aromatic rings. The van der Waals surface area contributed by atoms with Crippen LogP contribution in [0.5, 0.6) is 5.75 Å². The molecule has 0 unspecified atom stereocenters. The molecule has 6 nitrogen and oxygen atoms in total. The molecule has 154 valence electrons. The summed E-state index contributed by atoms with van der Waals surface area (Å²) in [5.74, 6) is 0.690. The second-order valence-corrected chi connectivity index (χ2v) is 7.88. The lowest BCUT2D eigenvalue weighted by Crippen LogP contribution is -2.23. The van der Waals surface area contributed by atoms with Crippen LogP contribution in [-0.4, -0.2) is 21.5 Å². The van der Waals surface area contributed by atoms with Gasteiger partial charge in [-0.25, -0.2) is 0 Å². The van der Waals surface area contributed by atoms with E-state index in [-0.39, 0.29) is 11.5 Å². The van der Waals surface area contributed by atoms with Crippen LogP contribution in [0.15, 0.2) is 70.1 Å². The molecule has 0 radical (unpaired) electrons. The zero-order chi connectivity index (χ0) is 21.1. The number of benzene rings is 2. The van der Waals surface area contributed by atoms with E-state index in [0.29, 0.717) is 31.5 Å². The van der Waals surface area contributed by atoms with Crippen molar-refractivity contribution in [2.45, 2.75) is 26.3 Å². The smallest absolute Gasteiger partial charge is 0.275 e. The fourth-order valence-electron chi connectivity index (χ4n) is 3.57. The largest absolute Gasteiger partial charge is 0.494 e. The summed E-state index contributed by atoms with van der Waals surface area (Å²) < 4.78 is 9.97. The molecule has 0 fully saturated rings. The number of aromatic nitrogens is 2. The van der Waals surface area contributed by atoms with Gasteiger partial charge in [-0.2, -0.15) is 0 Å². The van der Waals surface area contributed by atoms with E-state index in [2.05, 4.69) is 21.2 Å². The number of rotatable bonds is 7. The predicted octanol–water partition coefficient (Wildman–Crippen LogP) is 4.83. The van der Waals surface area contributed by atoms with Gasteiger partial charge in [0.25, 0.3) is 5.56 Å². The molecule has 0 atom stereocenters. The second-order valence-electron chi connectivity index (χ2n) is 6.96. The van der Waals surface area contributed by atoms with Crippen LogP contribution in [0.4, 0.5) is 5.69 Å². The van der Waals surface area contributed by atoms with Crippen LogP contribution in [0.2, 0.25) is 0 Å². The number of aryl methyl sites for hydroxylation is 1. The Hall–Kier alpha value is -3.06. The molecule has 0 aliphatic rings. The lowest BCUT2D eigenvalue weighted by Gasteiger charge is -2.13. The number of hydrogen-bond acceptors (Lipinski definition) is 3. The van der Waals surface area contributed by atoms with Gasteiger partial charge in [0.1, 0.15) is 11.3 Å². The molecule has 0 aliphatic carbocycles. The number of carbonyl (C=O) groups is 1. The van der Waals surface area contributed by atoms with Crippen LogP contribution in [-0.2, 0) is 11.3 Å². The van der Waals surface area contributed by atoms with Crippen LogP contribution < -0.4 is 15.6 Å². The third-order valence-electron chi connectivity index (χ3n) is 4.94. The Balaban J connectivity index is 1.48. The van der Waals surface area contributed by atoms with E-state index >= 15 is 0 Å². The first-order valence-corrected chi connectivity index (χ1v) is 10.7. The predicted molar refractivity (Wildman–Crippen MR) is 122 cm³/mol. The van der Waals surface area contributed by atoms with Crippen molar-refractivity contribution in [3.05, 3.63) is 75.6 Å². The zero-order valence-electron chi connectivity index (χ0n) is 16.6. The van der Waals surface area contributed by atoms with Gasteiger partial charge in [-0.3, -0.25) is 9.59 Å². The van der Waals surface area contributed by atoms with E-state index in [1.54, 1.807) is 4.57 Å². The molecule has 4 rings (SSSR count).